The third kappa shape index (κ3) is 5.52. The van der Waals surface area contributed by atoms with Crippen molar-refractivity contribution < 1.29 is 9.59 Å². The molecule has 0 heterocycles. The van der Waals surface area contributed by atoms with Gasteiger partial charge in [0.2, 0.25) is 5.91 Å². The van der Waals surface area contributed by atoms with Crippen LogP contribution in [0.5, 0.6) is 0 Å². The second kappa shape index (κ2) is 9.47. The Hall–Kier alpha value is -2.66. The molecule has 2 aromatic carbocycles. The number of hydrogen-bond donors (Lipinski definition) is 3. The third-order valence-electron chi connectivity index (χ3n) is 3.62. The third-order valence-corrected chi connectivity index (χ3v) is 3.62. The molecule has 1 unspecified atom stereocenters. The first-order valence-corrected chi connectivity index (χ1v) is 8.08. The minimum absolute atomic E-state index is 0.198. The zero-order valence-corrected chi connectivity index (χ0v) is 13.6. The zero-order chi connectivity index (χ0) is 17.2. The van der Waals surface area contributed by atoms with Gasteiger partial charge in [0.25, 0.3) is 5.91 Å². The van der Waals surface area contributed by atoms with E-state index >= 15 is 0 Å². The summed E-state index contributed by atoms with van der Waals surface area (Å²) in [4.78, 5) is 24.8. The van der Waals surface area contributed by atoms with Crippen LogP contribution >= 0.6 is 0 Å². The number of amides is 2. The van der Waals surface area contributed by atoms with Gasteiger partial charge in [0.15, 0.2) is 0 Å². The fraction of sp³-hybridized carbons (Fsp3) is 0.263. The Kier molecular flexibility index (Phi) is 6.98. The molecule has 0 spiro atoms. The van der Waals surface area contributed by atoms with Gasteiger partial charge in [-0.3, -0.25) is 9.59 Å². The highest BCUT2D eigenvalue weighted by Gasteiger charge is 2.21. The molecule has 0 saturated heterocycles. The molecule has 24 heavy (non-hydrogen) atoms. The van der Waals surface area contributed by atoms with E-state index in [-0.39, 0.29) is 11.8 Å². The number of nitrogens with one attached hydrogen (secondary N) is 2. The summed E-state index contributed by atoms with van der Waals surface area (Å²) < 4.78 is 0. The molecule has 2 aromatic rings. The molecule has 4 N–H and O–H groups in total. The lowest BCUT2D eigenvalue weighted by atomic mass is 10.0. The van der Waals surface area contributed by atoms with E-state index in [1.165, 1.54) is 0 Å². The van der Waals surface area contributed by atoms with Crippen molar-refractivity contribution in [1.29, 1.82) is 0 Å². The average Bonchev–Trinajstić information content (AvgIpc) is 2.63. The van der Waals surface area contributed by atoms with Crippen molar-refractivity contribution in [2.24, 2.45) is 5.73 Å². The van der Waals surface area contributed by atoms with Crippen molar-refractivity contribution in [3.8, 4) is 0 Å². The Morgan fingerprint density at radius 2 is 1.58 bits per heavy atom. The lowest BCUT2D eigenvalue weighted by Crippen LogP contribution is -2.48. The summed E-state index contributed by atoms with van der Waals surface area (Å²) >= 11 is 0. The first-order valence-electron chi connectivity index (χ1n) is 8.08. The summed E-state index contributed by atoms with van der Waals surface area (Å²) in [7, 11) is 0. The molecule has 0 fully saturated rings. The van der Waals surface area contributed by atoms with Crippen LogP contribution in [0.4, 0.5) is 0 Å². The molecule has 0 aliphatic carbocycles. The molecular weight excluding hydrogens is 302 g/mol. The van der Waals surface area contributed by atoms with Crippen LogP contribution in [0.25, 0.3) is 0 Å². The quantitative estimate of drug-likeness (QED) is 0.643. The Labute approximate surface area is 142 Å². The van der Waals surface area contributed by atoms with E-state index < -0.39 is 6.04 Å². The van der Waals surface area contributed by atoms with Crippen molar-refractivity contribution in [3.05, 3.63) is 71.8 Å². The average molecular weight is 325 g/mol. The van der Waals surface area contributed by atoms with E-state index in [0.29, 0.717) is 31.5 Å². The smallest absolute Gasteiger partial charge is 0.251 e. The predicted molar refractivity (Wildman–Crippen MR) is 94.5 cm³/mol. The van der Waals surface area contributed by atoms with Crippen molar-refractivity contribution in [2.75, 3.05) is 13.1 Å². The van der Waals surface area contributed by atoms with Gasteiger partial charge in [-0.2, -0.15) is 0 Å². The van der Waals surface area contributed by atoms with E-state index in [4.69, 9.17) is 5.73 Å². The van der Waals surface area contributed by atoms with Gasteiger partial charge >= 0.3 is 0 Å². The highest BCUT2D eigenvalue weighted by atomic mass is 16.2. The molecule has 0 bridgehead atoms. The second-order valence-corrected chi connectivity index (χ2v) is 5.52. The van der Waals surface area contributed by atoms with Crippen molar-refractivity contribution >= 4 is 11.8 Å². The maximum absolute atomic E-state index is 12.4. The zero-order valence-electron chi connectivity index (χ0n) is 13.6. The van der Waals surface area contributed by atoms with Crippen LogP contribution < -0.4 is 16.4 Å². The van der Waals surface area contributed by atoms with Crippen LogP contribution in [0, 0.1) is 0 Å². The molecular formula is C19H23N3O2. The van der Waals surface area contributed by atoms with Crippen LogP contribution in [-0.2, 0) is 11.2 Å². The lowest BCUT2D eigenvalue weighted by Gasteiger charge is -2.19. The minimum atomic E-state index is -0.627. The normalized spacial score (nSPS) is 11.5. The maximum Gasteiger partial charge on any atom is 0.251 e. The van der Waals surface area contributed by atoms with E-state index in [9.17, 15) is 9.59 Å². The fourth-order valence-corrected chi connectivity index (χ4v) is 2.33. The summed E-state index contributed by atoms with van der Waals surface area (Å²) in [6.45, 7) is 1.02. The Morgan fingerprint density at radius 3 is 2.21 bits per heavy atom. The van der Waals surface area contributed by atoms with Gasteiger partial charge in [0.05, 0.1) is 0 Å². The monoisotopic (exact) mass is 325 g/mol. The number of benzene rings is 2. The van der Waals surface area contributed by atoms with Gasteiger partial charge in [-0.1, -0.05) is 48.5 Å². The molecule has 2 rings (SSSR count). The topological polar surface area (TPSA) is 84.2 Å². The van der Waals surface area contributed by atoms with Crippen molar-refractivity contribution in [2.45, 2.75) is 18.9 Å². The maximum atomic E-state index is 12.4. The van der Waals surface area contributed by atoms with E-state index in [1.807, 2.05) is 36.4 Å². The van der Waals surface area contributed by atoms with Gasteiger partial charge in [0, 0.05) is 18.5 Å². The lowest BCUT2D eigenvalue weighted by molar-refractivity contribution is -0.122. The van der Waals surface area contributed by atoms with Gasteiger partial charge in [0.1, 0.15) is 6.04 Å². The second-order valence-electron chi connectivity index (χ2n) is 5.52. The molecule has 5 nitrogen and oxygen atoms in total. The fourth-order valence-electron chi connectivity index (χ4n) is 2.33. The molecule has 0 aliphatic heterocycles. The largest absolute Gasteiger partial charge is 0.354 e. The van der Waals surface area contributed by atoms with Crippen LogP contribution in [0.3, 0.4) is 0 Å². The summed E-state index contributed by atoms with van der Waals surface area (Å²) in [5, 5.41) is 5.65. The summed E-state index contributed by atoms with van der Waals surface area (Å²) in [6, 6.07) is 17.9. The van der Waals surface area contributed by atoms with Gasteiger partial charge in [-0.05, 0) is 30.7 Å². The number of nitrogens with two attached hydrogens (primary N) is 1. The first kappa shape index (κ1) is 17.7. The van der Waals surface area contributed by atoms with Crippen LogP contribution in [0.1, 0.15) is 22.3 Å². The Bertz CT molecular complexity index is 644. The van der Waals surface area contributed by atoms with Crippen LogP contribution in [0.15, 0.2) is 60.7 Å². The number of rotatable bonds is 8. The number of hydrogen-bond acceptors (Lipinski definition) is 3. The molecule has 5 heteroatoms. The van der Waals surface area contributed by atoms with Gasteiger partial charge < -0.3 is 16.4 Å². The SMILES string of the molecule is NCCCNC(=O)C(Cc1ccccc1)NC(=O)c1ccccc1. The number of carbonyl (C=O) groups is 2. The highest BCUT2D eigenvalue weighted by Crippen LogP contribution is 2.06. The van der Waals surface area contributed by atoms with Crippen molar-refractivity contribution in [3.63, 3.8) is 0 Å². The Balaban J connectivity index is 2.06. The van der Waals surface area contributed by atoms with E-state index in [0.717, 1.165) is 5.56 Å². The summed E-state index contributed by atoms with van der Waals surface area (Å²) in [6.07, 6.45) is 1.14. The summed E-state index contributed by atoms with van der Waals surface area (Å²) in [5.41, 5.74) is 6.97. The Morgan fingerprint density at radius 1 is 0.958 bits per heavy atom. The van der Waals surface area contributed by atoms with Gasteiger partial charge in [-0.25, -0.2) is 0 Å². The molecule has 2 amide bonds. The van der Waals surface area contributed by atoms with Crippen LogP contribution in [-0.4, -0.2) is 30.9 Å². The first-order chi connectivity index (χ1) is 11.7. The molecule has 1 atom stereocenters. The molecule has 0 aliphatic rings. The van der Waals surface area contributed by atoms with E-state index in [1.54, 1.807) is 24.3 Å². The van der Waals surface area contributed by atoms with E-state index in [2.05, 4.69) is 10.6 Å². The number of carbonyl (C=O) groups excluding carboxylic acids is 2. The molecule has 126 valence electrons. The molecule has 0 aromatic heterocycles. The molecule has 0 radical (unpaired) electrons. The van der Waals surface area contributed by atoms with Gasteiger partial charge in [-0.15, -0.1) is 0 Å². The minimum Gasteiger partial charge on any atom is -0.354 e. The predicted octanol–water partition coefficient (Wildman–Crippen LogP) is 1.49. The summed E-state index contributed by atoms with van der Waals surface area (Å²) in [5.74, 6) is -0.456. The van der Waals surface area contributed by atoms with Crippen LogP contribution in [0.2, 0.25) is 0 Å². The standard InChI is InChI=1S/C19H23N3O2/c20-12-7-13-21-19(24)17(14-15-8-3-1-4-9-15)22-18(23)16-10-5-2-6-11-16/h1-6,8-11,17H,7,12-14,20H2,(H,21,24)(H,22,23). The highest BCUT2D eigenvalue weighted by molar-refractivity contribution is 5.97. The molecule has 0 saturated carbocycles. The van der Waals surface area contributed by atoms with Crippen molar-refractivity contribution in [1.82, 2.24) is 10.6 Å².